The van der Waals surface area contributed by atoms with E-state index in [0.717, 1.165) is 10.8 Å². The van der Waals surface area contributed by atoms with E-state index in [1.54, 1.807) is 19.1 Å². The van der Waals surface area contributed by atoms with Gasteiger partial charge in [0.2, 0.25) is 0 Å². The molecule has 0 aromatic heterocycles. The fourth-order valence-corrected chi connectivity index (χ4v) is 3.68. The SMILES string of the molecule is C[C@]1(O)CC2=C(C(=O)c3cc4ccccc4cc3C2=O)[C@@H](O)C1. The average Bonchev–Trinajstić information content (AvgIpc) is 2.49. The largest absolute Gasteiger partial charge is 0.390 e. The second-order valence-corrected chi connectivity index (χ2v) is 6.69. The third-order valence-electron chi connectivity index (χ3n) is 4.74. The molecule has 4 heteroatoms. The van der Waals surface area contributed by atoms with E-state index in [1.165, 1.54) is 0 Å². The lowest BCUT2D eigenvalue weighted by atomic mass is 9.71. The highest BCUT2D eigenvalue weighted by Crippen LogP contribution is 2.40. The van der Waals surface area contributed by atoms with E-state index in [9.17, 15) is 19.8 Å². The molecule has 0 radical (unpaired) electrons. The zero-order valence-corrected chi connectivity index (χ0v) is 12.7. The second-order valence-electron chi connectivity index (χ2n) is 6.69. The highest BCUT2D eigenvalue weighted by molar-refractivity contribution is 6.28. The molecular formula is C19H16O4. The summed E-state index contributed by atoms with van der Waals surface area (Å²) in [7, 11) is 0. The van der Waals surface area contributed by atoms with Crippen molar-refractivity contribution >= 4 is 22.3 Å². The molecule has 0 spiro atoms. The summed E-state index contributed by atoms with van der Waals surface area (Å²) in [5.74, 6) is -0.567. The molecule has 23 heavy (non-hydrogen) atoms. The number of hydrogen-bond acceptors (Lipinski definition) is 4. The Morgan fingerprint density at radius 1 is 1.04 bits per heavy atom. The van der Waals surface area contributed by atoms with Gasteiger partial charge < -0.3 is 10.2 Å². The van der Waals surface area contributed by atoms with Gasteiger partial charge in [0.25, 0.3) is 0 Å². The summed E-state index contributed by atoms with van der Waals surface area (Å²) in [5.41, 5.74) is -0.0704. The number of benzene rings is 2. The molecule has 0 saturated carbocycles. The van der Waals surface area contributed by atoms with Gasteiger partial charge in [0.05, 0.1) is 11.7 Å². The second kappa shape index (κ2) is 4.60. The van der Waals surface area contributed by atoms with Crippen LogP contribution in [0.3, 0.4) is 0 Å². The van der Waals surface area contributed by atoms with Gasteiger partial charge in [0.15, 0.2) is 11.6 Å². The van der Waals surface area contributed by atoms with E-state index in [2.05, 4.69) is 0 Å². The maximum absolute atomic E-state index is 12.8. The van der Waals surface area contributed by atoms with Crippen LogP contribution in [0.25, 0.3) is 10.8 Å². The maximum atomic E-state index is 12.8. The first-order valence-corrected chi connectivity index (χ1v) is 7.63. The Kier molecular flexibility index (Phi) is 2.86. The Morgan fingerprint density at radius 2 is 1.61 bits per heavy atom. The van der Waals surface area contributed by atoms with E-state index >= 15 is 0 Å². The molecule has 0 fully saturated rings. The summed E-state index contributed by atoms with van der Waals surface area (Å²) < 4.78 is 0. The minimum Gasteiger partial charge on any atom is -0.390 e. The van der Waals surface area contributed by atoms with Gasteiger partial charge in [-0.3, -0.25) is 9.59 Å². The van der Waals surface area contributed by atoms with Crippen LogP contribution in [-0.2, 0) is 0 Å². The van der Waals surface area contributed by atoms with Crippen LogP contribution in [0.15, 0.2) is 47.5 Å². The molecule has 2 N–H and O–H groups in total. The summed E-state index contributed by atoms with van der Waals surface area (Å²) >= 11 is 0. The van der Waals surface area contributed by atoms with E-state index in [-0.39, 0.29) is 35.6 Å². The van der Waals surface area contributed by atoms with Crippen molar-refractivity contribution in [3.05, 3.63) is 58.7 Å². The number of aliphatic hydroxyl groups is 2. The van der Waals surface area contributed by atoms with Crippen molar-refractivity contribution in [3.63, 3.8) is 0 Å². The number of ketones is 2. The lowest BCUT2D eigenvalue weighted by Crippen LogP contribution is -2.42. The molecule has 2 aliphatic carbocycles. The number of Topliss-reactive ketones (excluding diaryl/α,β-unsaturated/α-hetero) is 2. The molecule has 2 aromatic carbocycles. The third kappa shape index (κ3) is 2.06. The van der Waals surface area contributed by atoms with Crippen LogP contribution in [0.2, 0.25) is 0 Å². The van der Waals surface area contributed by atoms with Crippen molar-refractivity contribution in [2.75, 3.05) is 0 Å². The van der Waals surface area contributed by atoms with Gasteiger partial charge in [-0.1, -0.05) is 24.3 Å². The van der Waals surface area contributed by atoms with Crippen LogP contribution in [-0.4, -0.2) is 33.5 Å². The zero-order valence-electron chi connectivity index (χ0n) is 12.7. The molecule has 0 heterocycles. The van der Waals surface area contributed by atoms with E-state index < -0.39 is 11.7 Å². The first-order chi connectivity index (χ1) is 10.9. The number of hydrogen-bond donors (Lipinski definition) is 2. The van der Waals surface area contributed by atoms with Crippen LogP contribution in [0, 0.1) is 0 Å². The number of rotatable bonds is 0. The molecule has 4 rings (SSSR count). The van der Waals surface area contributed by atoms with Gasteiger partial charge in [-0.2, -0.15) is 0 Å². The van der Waals surface area contributed by atoms with E-state index in [1.807, 2.05) is 24.3 Å². The lowest BCUT2D eigenvalue weighted by molar-refractivity contribution is 0.00378. The van der Waals surface area contributed by atoms with Crippen LogP contribution >= 0.6 is 0 Å². The molecule has 2 aliphatic rings. The number of fused-ring (bicyclic) bond motifs is 2. The van der Waals surface area contributed by atoms with Gasteiger partial charge in [-0.25, -0.2) is 0 Å². The molecular weight excluding hydrogens is 292 g/mol. The number of carbonyl (C=O) groups excluding carboxylic acids is 2. The Hall–Kier alpha value is -2.30. The van der Waals surface area contributed by atoms with Crippen molar-refractivity contribution in [2.24, 2.45) is 0 Å². The van der Waals surface area contributed by atoms with Gasteiger partial charge in [0.1, 0.15) is 0 Å². The molecule has 0 saturated heterocycles. The Bertz CT molecular complexity index is 905. The molecule has 2 aromatic rings. The fourth-order valence-electron chi connectivity index (χ4n) is 3.68. The first kappa shape index (κ1) is 14.3. The quantitative estimate of drug-likeness (QED) is 0.784. The molecule has 0 unspecified atom stereocenters. The summed E-state index contributed by atoms with van der Waals surface area (Å²) in [6.45, 7) is 1.58. The highest BCUT2D eigenvalue weighted by atomic mass is 16.3. The van der Waals surface area contributed by atoms with Crippen LogP contribution in [0.1, 0.15) is 40.5 Å². The van der Waals surface area contributed by atoms with Crippen molar-refractivity contribution < 1.29 is 19.8 Å². The van der Waals surface area contributed by atoms with Gasteiger partial charge in [-0.15, -0.1) is 0 Å². The van der Waals surface area contributed by atoms with Crippen molar-refractivity contribution in [2.45, 2.75) is 31.5 Å². The standard InChI is InChI=1S/C19H16O4/c1-19(23)8-14-16(15(20)9-19)18(22)13-7-11-5-3-2-4-10(11)6-12(13)17(14)21/h2-7,15,20,23H,8-9H2,1H3/t15-,19-/m0/s1. The monoisotopic (exact) mass is 308 g/mol. The number of aliphatic hydroxyl groups excluding tert-OH is 1. The molecule has 116 valence electrons. The third-order valence-corrected chi connectivity index (χ3v) is 4.74. The molecule has 2 atom stereocenters. The number of carbonyl (C=O) groups is 2. The topological polar surface area (TPSA) is 74.6 Å². The molecule has 0 bridgehead atoms. The average molecular weight is 308 g/mol. The zero-order chi connectivity index (χ0) is 16.4. The van der Waals surface area contributed by atoms with Gasteiger partial charge in [0, 0.05) is 35.1 Å². The predicted molar refractivity (Wildman–Crippen MR) is 85.5 cm³/mol. The van der Waals surface area contributed by atoms with E-state index in [4.69, 9.17) is 0 Å². The van der Waals surface area contributed by atoms with Crippen LogP contribution in [0.4, 0.5) is 0 Å². The maximum Gasteiger partial charge on any atom is 0.192 e. The fraction of sp³-hybridized carbons (Fsp3) is 0.263. The molecule has 0 amide bonds. The van der Waals surface area contributed by atoms with E-state index in [0.29, 0.717) is 11.1 Å². The minimum atomic E-state index is -1.18. The van der Waals surface area contributed by atoms with Crippen molar-refractivity contribution in [1.29, 1.82) is 0 Å². The summed E-state index contributed by atoms with van der Waals surface area (Å²) in [6.07, 6.45) is -0.950. The summed E-state index contributed by atoms with van der Waals surface area (Å²) in [5, 5.41) is 22.3. The van der Waals surface area contributed by atoms with Gasteiger partial charge >= 0.3 is 0 Å². The Morgan fingerprint density at radius 3 is 2.22 bits per heavy atom. The summed E-state index contributed by atoms with van der Waals surface area (Å²) in [4.78, 5) is 25.7. The summed E-state index contributed by atoms with van der Waals surface area (Å²) in [6, 6.07) is 11.0. The predicted octanol–water partition coefficient (Wildman–Crippen LogP) is 2.42. The van der Waals surface area contributed by atoms with Crippen LogP contribution < -0.4 is 0 Å². The minimum absolute atomic E-state index is 0.0633. The normalized spacial score (nSPS) is 27.2. The molecule has 0 aliphatic heterocycles. The first-order valence-electron chi connectivity index (χ1n) is 7.63. The Balaban J connectivity index is 1.96. The van der Waals surface area contributed by atoms with Crippen molar-refractivity contribution in [1.82, 2.24) is 0 Å². The lowest BCUT2D eigenvalue weighted by Gasteiger charge is -2.36. The van der Waals surface area contributed by atoms with Crippen molar-refractivity contribution in [3.8, 4) is 0 Å². The smallest absolute Gasteiger partial charge is 0.192 e. The van der Waals surface area contributed by atoms with Gasteiger partial charge in [-0.05, 0) is 29.8 Å². The molecule has 4 nitrogen and oxygen atoms in total. The van der Waals surface area contributed by atoms with Crippen LogP contribution in [0.5, 0.6) is 0 Å². The Labute approximate surface area is 133 Å². The highest BCUT2D eigenvalue weighted by Gasteiger charge is 2.43.